The molecule has 0 spiro atoms. The van der Waals surface area contributed by atoms with Crippen LogP contribution in [0.15, 0.2) is 24.3 Å². The molecule has 3 rings (SSSR count). The van der Waals surface area contributed by atoms with Gasteiger partial charge in [-0.3, -0.25) is 0 Å². The summed E-state index contributed by atoms with van der Waals surface area (Å²) in [4.78, 5) is 0. The molecule has 0 aromatic heterocycles. The molecule has 1 aliphatic carbocycles. The Balaban J connectivity index is 1.63. The summed E-state index contributed by atoms with van der Waals surface area (Å²) in [5, 5.41) is 3.70. The molecule has 1 N–H and O–H groups in total. The highest BCUT2D eigenvalue weighted by molar-refractivity contribution is 5.39. The molecule has 1 aromatic rings. The molecule has 0 bridgehead atoms. The van der Waals surface area contributed by atoms with E-state index in [0.717, 1.165) is 19.1 Å². The quantitative estimate of drug-likeness (QED) is 0.877. The Morgan fingerprint density at radius 3 is 2.89 bits per heavy atom. The molecule has 4 atom stereocenters. The van der Waals surface area contributed by atoms with Crippen LogP contribution in [0, 0.1) is 5.92 Å². The second kappa shape index (κ2) is 5.64. The van der Waals surface area contributed by atoms with Crippen molar-refractivity contribution in [2.24, 2.45) is 5.92 Å². The zero-order valence-electron chi connectivity index (χ0n) is 12.1. The fourth-order valence-corrected chi connectivity index (χ4v) is 3.71. The van der Waals surface area contributed by atoms with Crippen LogP contribution in [-0.2, 0) is 11.2 Å². The molecule has 1 fully saturated rings. The average Bonchev–Trinajstić information content (AvgIpc) is 2.81. The van der Waals surface area contributed by atoms with Crippen molar-refractivity contribution in [3.8, 4) is 0 Å². The molecule has 2 aliphatic rings. The van der Waals surface area contributed by atoms with Gasteiger partial charge in [0, 0.05) is 12.0 Å². The Labute approximate surface area is 116 Å². The topological polar surface area (TPSA) is 21.3 Å². The van der Waals surface area contributed by atoms with Gasteiger partial charge in [0.25, 0.3) is 0 Å². The first-order chi connectivity index (χ1) is 9.28. The van der Waals surface area contributed by atoms with Gasteiger partial charge in [-0.05, 0) is 49.8 Å². The molecule has 1 heterocycles. The molecule has 1 aliphatic heterocycles. The van der Waals surface area contributed by atoms with Gasteiger partial charge in [-0.25, -0.2) is 0 Å². The van der Waals surface area contributed by atoms with E-state index >= 15 is 0 Å². The third-order valence-electron chi connectivity index (χ3n) is 4.76. The van der Waals surface area contributed by atoms with Crippen LogP contribution in [0.4, 0.5) is 0 Å². The van der Waals surface area contributed by atoms with Gasteiger partial charge in [0.15, 0.2) is 0 Å². The Morgan fingerprint density at radius 2 is 2.21 bits per heavy atom. The van der Waals surface area contributed by atoms with Crippen molar-refractivity contribution in [1.29, 1.82) is 0 Å². The van der Waals surface area contributed by atoms with Crippen LogP contribution in [0.25, 0.3) is 0 Å². The van der Waals surface area contributed by atoms with Gasteiger partial charge in [0.05, 0.1) is 12.7 Å². The van der Waals surface area contributed by atoms with Crippen LogP contribution in [0.2, 0.25) is 0 Å². The van der Waals surface area contributed by atoms with Gasteiger partial charge in [-0.2, -0.15) is 0 Å². The number of benzene rings is 1. The molecular weight excluding hydrogens is 234 g/mol. The minimum atomic E-state index is 0.444. The van der Waals surface area contributed by atoms with Crippen molar-refractivity contribution in [3.63, 3.8) is 0 Å². The summed E-state index contributed by atoms with van der Waals surface area (Å²) < 4.78 is 5.76. The van der Waals surface area contributed by atoms with E-state index in [-0.39, 0.29) is 0 Å². The Hall–Kier alpha value is -0.860. The third-order valence-corrected chi connectivity index (χ3v) is 4.76. The van der Waals surface area contributed by atoms with Crippen LogP contribution in [0.1, 0.15) is 43.7 Å². The number of fused-ring (bicyclic) bond motifs is 1. The third kappa shape index (κ3) is 2.70. The number of nitrogens with one attached hydrogen (secondary N) is 1. The lowest BCUT2D eigenvalue weighted by molar-refractivity contribution is 0.116. The lowest BCUT2D eigenvalue weighted by Gasteiger charge is -2.35. The van der Waals surface area contributed by atoms with Gasteiger partial charge in [-0.1, -0.05) is 31.2 Å². The normalized spacial score (nSPS) is 30.7. The van der Waals surface area contributed by atoms with Gasteiger partial charge in [-0.15, -0.1) is 0 Å². The average molecular weight is 259 g/mol. The highest BCUT2D eigenvalue weighted by atomic mass is 16.5. The maximum atomic E-state index is 5.76. The largest absolute Gasteiger partial charge is 0.378 e. The number of ether oxygens (including phenoxy) is 1. The Kier molecular flexibility index (Phi) is 3.90. The molecular formula is C17H25NO. The smallest absolute Gasteiger partial charge is 0.0551 e. The van der Waals surface area contributed by atoms with Crippen LogP contribution >= 0.6 is 0 Å². The fraction of sp³-hybridized carbons (Fsp3) is 0.647. The summed E-state index contributed by atoms with van der Waals surface area (Å²) in [5.41, 5.74) is 3.14. The highest BCUT2D eigenvalue weighted by Crippen LogP contribution is 2.39. The van der Waals surface area contributed by atoms with Crippen LogP contribution in [-0.4, -0.2) is 25.3 Å². The summed E-state index contributed by atoms with van der Waals surface area (Å²) >= 11 is 0. The minimum Gasteiger partial charge on any atom is -0.378 e. The maximum Gasteiger partial charge on any atom is 0.0551 e. The van der Waals surface area contributed by atoms with E-state index < -0.39 is 0 Å². The summed E-state index contributed by atoms with van der Waals surface area (Å²) in [7, 11) is 0. The predicted molar refractivity (Wildman–Crippen MR) is 78.5 cm³/mol. The van der Waals surface area contributed by atoms with Gasteiger partial charge >= 0.3 is 0 Å². The Bertz CT molecular complexity index is 431. The second-order valence-electron chi connectivity index (χ2n) is 6.14. The molecule has 1 saturated heterocycles. The molecule has 4 unspecified atom stereocenters. The predicted octanol–water partition coefficient (Wildman–Crippen LogP) is 3.12. The minimum absolute atomic E-state index is 0.444. The van der Waals surface area contributed by atoms with Crippen LogP contribution in [0.3, 0.4) is 0 Å². The molecule has 0 amide bonds. The first-order valence-corrected chi connectivity index (χ1v) is 7.70. The summed E-state index contributed by atoms with van der Waals surface area (Å²) in [6.07, 6.45) is 4.19. The summed E-state index contributed by atoms with van der Waals surface area (Å²) in [6.45, 7) is 6.40. The zero-order chi connectivity index (χ0) is 13.2. The molecule has 2 heteroatoms. The molecule has 0 saturated carbocycles. The SMILES string of the molecule is CCNC(CC1Cc2ccccc21)C1COC(C)C1. The fourth-order valence-electron chi connectivity index (χ4n) is 3.71. The zero-order valence-corrected chi connectivity index (χ0v) is 12.1. The van der Waals surface area contributed by atoms with Crippen molar-refractivity contribution in [2.45, 2.75) is 51.2 Å². The number of hydrogen-bond acceptors (Lipinski definition) is 2. The van der Waals surface area contributed by atoms with Crippen molar-refractivity contribution in [3.05, 3.63) is 35.4 Å². The molecule has 104 valence electrons. The second-order valence-corrected chi connectivity index (χ2v) is 6.14. The first-order valence-electron chi connectivity index (χ1n) is 7.70. The number of hydrogen-bond donors (Lipinski definition) is 1. The van der Waals surface area contributed by atoms with E-state index in [1.165, 1.54) is 19.3 Å². The van der Waals surface area contributed by atoms with Crippen LogP contribution in [0.5, 0.6) is 0 Å². The van der Waals surface area contributed by atoms with E-state index in [0.29, 0.717) is 18.1 Å². The molecule has 19 heavy (non-hydrogen) atoms. The van der Waals surface area contributed by atoms with E-state index in [1.54, 1.807) is 11.1 Å². The van der Waals surface area contributed by atoms with E-state index in [1.807, 2.05) is 0 Å². The van der Waals surface area contributed by atoms with E-state index in [9.17, 15) is 0 Å². The first kappa shape index (κ1) is 13.1. The summed E-state index contributed by atoms with van der Waals surface area (Å²) in [5.74, 6) is 1.46. The van der Waals surface area contributed by atoms with Crippen molar-refractivity contribution in [1.82, 2.24) is 5.32 Å². The Morgan fingerprint density at radius 1 is 1.37 bits per heavy atom. The van der Waals surface area contributed by atoms with Gasteiger partial charge in [0.1, 0.15) is 0 Å². The molecule has 0 radical (unpaired) electrons. The standard InChI is InChI=1S/C17H25NO/c1-3-18-17(15-8-12(2)19-11-15)10-14-9-13-6-4-5-7-16(13)14/h4-7,12,14-15,17-18H,3,8-11H2,1-2H3. The lowest BCUT2D eigenvalue weighted by Crippen LogP contribution is -2.39. The summed E-state index contributed by atoms with van der Waals surface area (Å²) in [6, 6.07) is 9.53. The lowest BCUT2D eigenvalue weighted by atomic mass is 9.73. The molecule has 1 aromatic carbocycles. The van der Waals surface area contributed by atoms with E-state index in [4.69, 9.17) is 4.74 Å². The van der Waals surface area contributed by atoms with Crippen molar-refractivity contribution < 1.29 is 4.74 Å². The maximum absolute atomic E-state index is 5.76. The van der Waals surface area contributed by atoms with Crippen molar-refractivity contribution >= 4 is 0 Å². The van der Waals surface area contributed by atoms with Crippen molar-refractivity contribution in [2.75, 3.05) is 13.2 Å². The van der Waals surface area contributed by atoms with E-state index in [2.05, 4.69) is 43.4 Å². The number of rotatable bonds is 5. The molecule has 2 nitrogen and oxygen atoms in total. The highest BCUT2D eigenvalue weighted by Gasteiger charge is 2.34. The van der Waals surface area contributed by atoms with Gasteiger partial charge in [0.2, 0.25) is 0 Å². The van der Waals surface area contributed by atoms with Crippen LogP contribution < -0.4 is 5.32 Å². The monoisotopic (exact) mass is 259 g/mol. The van der Waals surface area contributed by atoms with Gasteiger partial charge < -0.3 is 10.1 Å².